The molecule has 5 nitrogen and oxygen atoms in total. The summed E-state index contributed by atoms with van der Waals surface area (Å²) in [4.78, 5) is 12.5. The van der Waals surface area contributed by atoms with Crippen molar-refractivity contribution in [2.75, 3.05) is 5.75 Å². The second-order valence-corrected chi connectivity index (χ2v) is 9.25. The molecule has 0 aliphatic heterocycles. The van der Waals surface area contributed by atoms with Crippen LogP contribution in [0, 0.1) is 11.8 Å². The standard InChI is InChI=1S/C21H34N4OS/c1-4-13-25-20(17-10-6-5-7-11-17)23-24-21(25)27-14-19(26)22-18-12-8-9-15(2)16(18)3/h4,15-18H,1,5-14H2,2-3H3,(H,22,26)/t15-,16-,18-/m1/s1. The Labute approximate surface area is 167 Å². The number of nitrogens with one attached hydrogen (secondary N) is 1. The quantitative estimate of drug-likeness (QED) is 0.548. The Hall–Kier alpha value is -1.30. The second kappa shape index (κ2) is 9.76. The Morgan fingerprint density at radius 1 is 1.19 bits per heavy atom. The van der Waals surface area contributed by atoms with Gasteiger partial charge in [0.2, 0.25) is 5.91 Å². The highest BCUT2D eigenvalue weighted by atomic mass is 32.2. The molecule has 1 N–H and O–H groups in total. The van der Waals surface area contributed by atoms with Crippen molar-refractivity contribution in [3.8, 4) is 0 Å². The highest BCUT2D eigenvalue weighted by molar-refractivity contribution is 7.99. The van der Waals surface area contributed by atoms with Gasteiger partial charge in [-0.05, 0) is 31.1 Å². The molecule has 1 aromatic rings. The van der Waals surface area contributed by atoms with Gasteiger partial charge in [0.25, 0.3) is 0 Å². The van der Waals surface area contributed by atoms with Gasteiger partial charge in [-0.25, -0.2) is 0 Å². The van der Waals surface area contributed by atoms with Gasteiger partial charge in [-0.3, -0.25) is 4.79 Å². The van der Waals surface area contributed by atoms with E-state index in [4.69, 9.17) is 0 Å². The lowest BCUT2D eigenvalue weighted by Gasteiger charge is -2.34. The molecule has 3 rings (SSSR count). The summed E-state index contributed by atoms with van der Waals surface area (Å²) >= 11 is 1.50. The third-order valence-electron chi connectivity index (χ3n) is 6.41. The molecule has 1 amide bonds. The molecule has 0 unspecified atom stereocenters. The van der Waals surface area contributed by atoms with Crippen molar-refractivity contribution in [3.63, 3.8) is 0 Å². The van der Waals surface area contributed by atoms with Gasteiger partial charge in [0, 0.05) is 18.5 Å². The normalized spacial score (nSPS) is 26.7. The van der Waals surface area contributed by atoms with Crippen LogP contribution in [0.25, 0.3) is 0 Å². The number of hydrogen-bond donors (Lipinski definition) is 1. The maximum atomic E-state index is 12.5. The average molecular weight is 391 g/mol. The Kier molecular flexibility index (Phi) is 7.39. The van der Waals surface area contributed by atoms with Crippen molar-refractivity contribution in [2.45, 2.75) is 88.9 Å². The average Bonchev–Trinajstić information content (AvgIpc) is 3.07. The monoisotopic (exact) mass is 390 g/mol. The SMILES string of the molecule is C=CCn1c(SCC(=O)N[C@@H]2CCC[C@@H](C)[C@H]2C)nnc1C1CCCCC1. The number of aromatic nitrogens is 3. The van der Waals surface area contributed by atoms with E-state index in [1.54, 1.807) is 0 Å². The summed E-state index contributed by atoms with van der Waals surface area (Å²) in [5.41, 5.74) is 0. The lowest BCUT2D eigenvalue weighted by atomic mass is 9.78. The minimum Gasteiger partial charge on any atom is -0.352 e. The van der Waals surface area contributed by atoms with Gasteiger partial charge in [-0.1, -0.05) is 63.8 Å². The molecule has 1 aromatic heterocycles. The fourth-order valence-corrected chi connectivity index (χ4v) is 5.30. The maximum absolute atomic E-state index is 12.5. The molecule has 2 saturated carbocycles. The van der Waals surface area contributed by atoms with Crippen LogP contribution in [0.2, 0.25) is 0 Å². The molecule has 2 fully saturated rings. The first-order chi connectivity index (χ1) is 13.1. The first kappa shape index (κ1) is 20.4. The van der Waals surface area contributed by atoms with Crippen LogP contribution in [0.1, 0.15) is 77.0 Å². The van der Waals surface area contributed by atoms with Crippen molar-refractivity contribution < 1.29 is 4.79 Å². The van der Waals surface area contributed by atoms with Crippen LogP contribution in [0.15, 0.2) is 17.8 Å². The molecule has 6 heteroatoms. The summed E-state index contributed by atoms with van der Waals surface area (Å²) in [6.07, 6.45) is 11.7. The minimum absolute atomic E-state index is 0.110. The molecule has 0 spiro atoms. The van der Waals surface area contributed by atoms with Gasteiger partial charge in [0.15, 0.2) is 5.16 Å². The second-order valence-electron chi connectivity index (χ2n) is 8.30. The highest BCUT2D eigenvalue weighted by Crippen LogP contribution is 2.33. The van der Waals surface area contributed by atoms with E-state index in [1.165, 1.54) is 56.7 Å². The fraction of sp³-hybridized carbons (Fsp3) is 0.762. The van der Waals surface area contributed by atoms with E-state index < -0.39 is 0 Å². The summed E-state index contributed by atoms with van der Waals surface area (Å²) in [5.74, 6) is 3.32. The van der Waals surface area contributed by atoms with E-state index in [0.29, 0.717) is 36.1 Å². The number of nitrogens with zero attached hydrogens (tertiary/aromatic N) is 3. The number of carbonyl (C=O) groups is 1. The van der Waals surface area contributed by atoms with Gasteiger partial charge < -0.3 is 9.88 Å². The van der Waals surface area contributed by atoms with Crippen LogP contribution in [-0.4, -0.2) is 32.5 Å². The Morgan fingerprint density at radius 2 is 1.96 bits per heavy atom. The van der Waals surface area contributed by atoms with Gasteiger partial charge in [-0.2, -0.15) is 0 Å². The zero-order valence-electron chi connectivity index (χ0n) is 16.8. The van der Waals surface area contributed by atoms with Crippen LogP contribution in [-0.2, 0) is 11.3 Å². The van der Waals surface area contributed by atoms with Crippen LogP contribution in [0.5, 0.6) is 0 Å². The number of amides is 1. The van der Waals surface area contributed by atoms with E-state index in [0.717, 1.165) is 17.4 Å². The van der Waals surface area contributed by atoms with E-state index in [2.05, 4.69) is 40.5 Å². The van der Waals surface area contributed by atoms with E-state index in [1.807, 2.05) is 6.08 Å². The summed E-state index contributed by atoms with van der Waals surface area (Å²) < 4.78 is 2.16. The van der Waals surface area contributed by atoms with Gasteiger partial charge >= 0.3 is 0 Å². The van der Waals surface area contributed by atoms with Gasteiger partial charge in [-0.15, -0.1) is 16.8 Å². The van der Waals surface area contributed by atoms with Crippen molar-refractivity contribution in [1.29, 1.82) is 0 Å². The molecule has 27 heavy (non-hydrogen) atoms. The zero-order chi connectivity index (χ0) is 19.2. The van der Waals surface area contributed by atoms with Crippen LogP contribution in [0.4, 0.5) is 0 Å². The number of hydrogen-bond acceptors (Lipinski definition) is 4. The topological polar surface area (TPSA) is 59.8 Å². The van der Waals surface area contributed by atoms with E-state index >= 15 is 0 Å². The van der Waals surface area contributed by atoms with Crippen molar-refractivity contribution in [3.05, 3.63) is 18.5 Å². The van der Waals surface area contributed by atoms with Crippen molar-refractivity contribution >= 4 is 17.7 Å². The van der Waals surface area contributed by atoms with Crippen LogP contribution < -0.4 is 5.32 Å². The third-order valence-corrected chi connectivity index (χ3v) is 7.38. The molecule has 0 saturated heterocycles. The third kappa shape index (κ3) is 5.15. The molecule has 2 aliphatic rings. The first-order valence-electron chi connectivity index (χ1n) is 10.6. The molecular weight excluding hydrogens is 356 g/mol. The summed E-state index contributed by atoms with van der Waals surface area (Å²) in [5, 5.41) is 13.0. The summed E-state index contributed by atoms with van der Waals surface area (Å²) in [7, 11) is 0. The van der Waals surface area contributed by atoms with Crippen molar-refractivity contribution in [2.24, 2.45) is 11.8 Å². The number of rotatable bonds is 7. The zero-order valence-corrected chi connectivity index (χ0v) is 17.6. The van der Waals surface area contributed by atoms with Crippen LogP contribution in [0.3, 0.4) is 0 Å². The molecule has 0 bridgehead atoms. The molecule has 1 heterocycles. The van der Waals surface area contributed by atoms with E-state index in [-0.39, 0.29) is 5.91 Å². The number of thioether (sulfide) groups is 1. The molecule has 2 aliphatic carbocycles. The first-order valence-corrected chi connectivity index (χ1v) is 11.5. The van der Waals surface area contributed by atoms with Crippen LogP contribution >= 0.6 is 11.8 Å². The van der Waals surface area contributed by atoms with Gasteiger partial charge in [0.05, 0.1) is 5.75 Å². The smallest absolute Gasteiger partial charge is 0.230 e. The minimum atomic E-state index is 0.110. The van der Waals surface area contributed by atoms with E-state index in [9.17, 15) is 4.79 Å². The highest BCUT2D eigenvalue weighted by Gasteiger charge is 2.28. The summed E-state index contributed by atoms with van der Waals surface area (Å²) in [6, 6.07) is 0.311. The Bertz CT molecular complexity index is 638. The molecule has 3 atom stereocenters. The molecule has 150 valence electrons. The predicted molar refractivity (Wildman–Crippen MR) is 111 cm³/mol. The predicted octanol–water partition coefficient (Wildman–Crippen LogP) is 4.54. The largest absolute Gasteiger partial charge is 0.352 e. The lowest BCUT2D eigenvalue weighted by Crippen LogP contribution is -2.44. The fourth-order valence-electron chi connectivity index (χ4n) is 4.53. The lowest BCUT2D eigenvalue weighted by molar-refractivity contribution is -0.120. The number of carbonyl (C=O) groups excluding carboxylic acids is 1. The molecule has 0 radical (unpaired) electrons. The summed E-state index contributed by atoms with van der Waals surface area (Å²) in [6.45, 7) is 9.15. The molecular formula is C21H34N4OS. The maximum Gasteiger partial charge on any atom is 0.230 e. The van der Waals surface area contributed by atoms with Crippen molar-refractivity contribution in [1.82, 2.24) is 20.1 Å². The number of allylic oxidation sites excluding steroid dienone is 1. The van der Waals surface area contributed by atoms with Gasteiger partial charge in [0.1, 0.15) is 5.82 Å². The Morgan fingerprint density at radius 3 is 2.70 bits per heavy atom. The molecule has 0 aromatic carbocycles. The Balaban J connectivity index is 1.59.